The largest absolute Gasteiger partial charge is 0.481 e. The lowest BCUT2D eigenvalue weighted by Gasteiger charge is -2.16. The minimum Gasteiger partial charge on any atom is -0.481 e. The molecular formula is C21H32O5. The van der Waals surface area contributed by atoms with E-state index in [1.807, 2.05) is 26.0 Å². The molecule has 0 saturated heterocycles. The number of unbranched alkanes of at least 4 members (excludes halogenated alkanes) is 1. The van der Waals surface area contributed by atoms with Gasteiger partial charge in [0.2, 0.25) is 0 Å². The van der Waals surface area contributed by atoms with E-state index in [0.29, 0.717) is 25.7 Å². The van der Waals surface area contributed by atoms with Crippen molar-refractivity contribution >= 4 is 11.8 Å². The number of aliphatic hydroxyl groups excluding tert-OH is 2. The Morgan fingerprint density at radius 3 is 2.65 bits per heavy atom. The highest BCUT2D eigenvalue weighted by Crippen LogP contribution is 2.33. The highest BCUT2D eigenvalue weighted by Gasteiger charge is 2.39. The van der Waals surface area contributed by atoms with Crippen molar-refractivity contribution in [1.82, 2.24) is 0 Å². The number of hydrogen-bond donors (Lipinski definition) is 3. The second-order valence-electron chi connectivity index (χ2n) is 7.23. The molecule has 0 aliphatic heterocycles. The van der Waals surface area contributed by atoms with E-state index >= 15 is 0 Å². The van der Waals surface area contributed by atoms with Gasteiger partial charge in [-0.05, 0) is 46.0 Å². The van der Waals surface area contributed by atoms with Gasteiger partial charge in [-0.15, -0.1) is 0 Å². The average Bonchev–Trinajstić information content (AvgIpc) is 2.81. The Morgan fingerprint density at radius 1 is 1.27 bits per heavy atom. The molecule has 0 bridgehead atoms. The first-order valence-electron chi connectivity index (χ1n) is 9.38. The van der Waals surface area contributed by atoms with Gasteiger partial charge in [-0.1, -0.05) is 36.0 Å². The van der Waals surface area contributed by atoms with E-state index in [1.165, 1.54) is 5.57 Å². The molecule has 0 spiro atoms. The van der Waals surface area contributed by atoms with Crippen molar-refractivity contribution in [3.05, 3.63) is 36.0 Å². The molecule has 4 atom stereocenters. The fraction of sp³-hybridized carbons (Fsp3) is 0.619. The van der Waals surface area contributed by atoms with Crippen LogP contribution < -0.4 is 0 Å². The Hall–Kier alpha value is -1.72. The number of carbonyl (C=O) groups excluding carboxylic acids is 1. The standard InChI is InChI=1S/C21H32O5/c1-15(2)8-7-9-16(22)12-13-18-17(19(23)14-20(18)24)10-5-3-4-6-11-21(25)26/h3,5,8,12-13,16-18,20,22,24H,4,6-7,9-11,14H2,1-2H3,(H,25,26)/t16-,17-,18-,20-/m1/s1. The first-order chi connectivity index (χ1) is 12.3. The smallest absolute Gasteiger partial charge is 0.303 e. The molecule has 1 rings (SSSR count). The molecular weight excluding hydrogens is 332 g/mol. The van der Waals surface area contributed by atoms with Crippen LogP contribution in [-0.4, -0.2) is 39.3 Å². The predicted molar refractivity (Wildman–Crippen MR) is 102 cm³/mol. The fourth-order valence-electron chi connectivity index (χ4n) is 3.15. The van der Waals surface area contributed by atoms with Crippen molar-refractivity contribution in [2.45, 2.75) is 71.0 Å². The fourth-order valence-corrected chi connectivity index (χ4v) is 3.15. The zero-order chi connectivity index (χ0) is 19.5. The van der Waals surface area contributed by atoms with Gasteiger partial charge in [-0.2, -0.15) is 0 Å². The number of rotatable bonds is 11. The SMILES string of the molecule is CC(C)=CCC[C@@H](O)C=C[C@H]1[C@H](O)CC(=O)[C@@H]1CC=CCCCC(=O)O. The number of hydrogen-bond acceptors (Lipinski definition) is 4. The van der Waals surface area contributed by atoms with E-state index in [0.717, 1.165) is 6.42 Å². The molecule has 0 aromatic rings. The summed E-state index contributed by atoms with van der Waals surface area (Å²) in [6.45, 7) is 4.03. The number of aliphatic carboxylic acids is 1. The van der Waals surface area contributed by atoms with Gasteiger partial charge in [0.15, 0.2) is 0 Å². The number of carbonyl (C=O) groups is 2. The first-order valence-corrected chi connectivity index (χ1v) is 9.38. The maximum Gasteiger partial charge on any atom is 0.303 e. The molecule has 0 aromatic heterocycles. The van der Waals surface area contributed by atoms with Crippen LogP contribution in [0.4, 0.5) is 0 Å². The summed E-state index contributed by atoms with van der Waals surface area (Å²) in [5, 5.41) is 28.8. The summed E-state index contributed by atoms with van der Waals surface area (Å²) in [7, 11) is 0. The van der Waals surface area contributed by atoms with Gasteiger partial charge in [-0.25, -0.2) is 0 Å². The highest BCUT2D eigenvalue weighted by molar-refractivity contribution is 5.84. The lowest BCUT2D eigenvalue weighted by atomic mass is 9.90. The summed E-state index contributed by atoms with van der Waals surface area (Å²) < 4.78 is 0. The van der Waals surface area contributed by atoms with Crippen LogP contribution in [0.25, 0.3) is 0 Å². The molecule has 1 aliphatic carbocycles. The zero-order valence-corrected chi connectivity index (χ0v) is 15.8. The zero-order valence-electron chi connectivity index (χ0n) is 15.8. The lowest BCUT2D eigenvalue weighted by Crippen LogP contribution is -2.18. The Morgan fingerprint density at radius 2 is 2.00 bits per heavy atom. The second kappa shape index (κ2) is 11.8. The molecule has 0 heterocycles. The Kier molecular flexibility index (Phi) is 10.1. The summed E-state index contributed by atoms with van der Waals surface area (Å²) in [5.41, 5.74) is 1.22. The monoisotopic (exact) mass is 364 g/mol. The minimum absolute atomic E-state index is 0.0429. The topological polar surface area (TPSA) is 94.8 Å². The molecule has 1 fully saturated rings. The average molecular weight is 364 g/mol. The Balaban J connectivity index is 2.51. The van der Waals surface area contributed by atoms with Gasteiger partial charge < -0.3 is 15.3 Å². The summed E-state index contributed by atoms with van der Waals surface area (Å²) in [4.78, 5) is 22.6. The normalized spacial score (nSPS) is 24.5. The van der Waals surface area contributed by atoms with Crippen molar-refractivity contribution in [3.8, 4) is 0 Å². The summed E-state index contributed by atoms with van der Waals surface area (Å²) in [5.74, 6) is -1.31. The first kappa shape index (κ1) is 22.3. The van der Waals surface area contributed by atoms with E-state index in [1.54, 1.807) is 12.2 Å². The third-order valence-corrected chi connectivity index (χ3v) is 4.62. The van der Waals surface area contributed by atoms with Gasteiger partial charge in [-0.3, -0.25) is 9.59 Å². The van der Waals surface area contributed by atoms with E-state index in [2.05, 4.69) is 6.08 Å². The summed E-state index contributed by atoms with van der Waals surface area (Å²) in [6, 6.07) is 0. The van der Waals surface area contributed by atoms with Crippen LogP contribution in [0.2, 0.25) is 0 Å². The number of Topliss-reactive ketones (excluding diaryl/α,β-unsaturated/α-hetero) is 1. The molecule has 5 nitrogen and oxygen atoms in total. The minimum atomic E-state index is -0.805. The molecule has 0 radical (unpaired) electrons. The van der Waals surface area contributed by atoms with Crippen molar-refractivity contribution in [2.75, 3.05) is 0 Å². The second-order valence-corrected chi connectivity index (χ2v) is 7.23. The maximum atomic E-state index is 12.1. The van der Waals surface area contributed by atoms with Crippen molar-refractivity contribution in [1.29, 1.82) is 0 Å². The van der Waals surface area contributed by atoms with Crippen LogP contribution in [0, 0.1) is 11.8 Å². The van der Waals surface area contributed by atoms with E-state index in [4.69, 9.17) is 5.11 Å². The Bertz CT molecular complexity index is 543. The molecule has 26 heavy (non-hydrogen) atoms. The van der Waals surface area contributed by atoms with E-state index < -0.39 is 18.2 Å². The number of ketones is 1. The van der Waals surface area contributed by atoms with Gasteiger partial charge >= 0.3 is 5.97 Å². The van der Waals surface area contributed by atoms with Crippen LogP contribution in [0.3, 0.4) is 0 Å². The van der Waals surface area contributed by atoms with Gasteiger partial charge in [0.25, 0.3) is 0 Å². The molecule has 3 N–H and O–H groups in total. The van der Waals surface area contributed by atoms with Crippen LogP contribution in [0.15, 0.2) is 36.0 Å². The number of aliphatic hydroxyl groups is 2. The van der Waals surface area contributed by atoms with Gasteiger partial charge in [0, 0.05) is 24.7 Å². The van der Waals surface area contributed by atoms with Gasteiger partial charge in [0.05, 0.1) is 12.2 Å². The van der Waals surface area contributed by atoms with Crippen molar-refractivity contribution < 1.29 is 24.9 Å². The third kappa shape index (κ3) is 8.59. The molecule has 5 heteroatoms. The van der Waals surface area contributed by atoms with Crippen molar-refractivity contribution in [2.24, 2.45) is 11.8 Å². The van der Waals surface area contributed by atoms with Crippen LogP contribution in [0.5, 0.6) is 0 Å². The predicted octanol–water partition coefficient (Wildman–Crippen LogP) is 3.42. The number of carboxylic acid groups (broad SMARTS) is 1. The molecule has 1 saturated carbocycles. The summed E-state index contributed by atoms with van der Waals surface area (Å²) >= 11 is 0. The molecule has 0 unspecified atom stereocenters. The molecule has 0 aromatic carbocycles. The highest BCUT2D eigenvalue weighted by atomic mass is 16.4. The quantitative estimate of drug-likeness (QED) is 0.386. The van der Waals surface area contributed by atoms with Crippen LogP contribution in [0.1, 0.15) is 58.8 Å². The Labute approximate surface area is 156 Å². The van der Waals surface area contributed by atoms with Crippen LogP contribution >= 0.6 is 0 Å². The molecule has 1 aliphatic rings. The maximum absolute atomic E-state index is 12.1. The van der Waals surface area contributed by atoms with Crippen LogP contribution in [-0.2, 0) is 9.59 Å². The number of carboxylic acids is 1. The lowest BCUT2D eigenvalue weighted by molar-refractivity contribution is -0.137. The van der Waals surface area contributed by atoms with Crippen molar-refractivity contribution in [3.63, 3.8) is 0 Å². The van der Waals surface area contributed by atoms with Gasteiger partial charge in [0.1, 0.15) is 5.78 Å². The summed E-state index contributed by atoms with van der Waals surface area (Å²) in [6.07, 6.45) is 11.5. The van der Waals surface area contributed by atoms with E-state index in [-0.39, 0.29) is 30.5 Å². The number of allylic oxidation sites excluding steroid dienone is 4. The van der Waals surface area contributed by atoms with E-state index in [9.17, 15) is 19.8 Å². The molecule has 0 amide bonds. The third-order valence-electron chi connectivity index (χ3n) is 4.62. The molecule has 146 valence electrons.